The summed E-state index contributed by atoms with van der Waals surface area (Å²) >= 11 is 0. The van der Waals surface area contributed by atoms with Crippen molar-refractivity contribution in [2.24, 2.45) is 4.99 Å². The molecule has 0 aromatic heterocycles. The molecule has 0 amide bonds. The SMILES string of the molecule is CCOc1cc(C=Nc2cccc(C)c2C)ccc1OCc1ccccc1F. The molecule has 0 saturated heterocycles. The van der Waals surface area contributed by atoms with Crippen molar-refractivity contribution in [2.75, 3.05) is 6.61 Å². The summed E-state index contributed by atoms with van der Waals surface area (Å²) in [6.45, 7) is 6.70. The molecule has 3 nitrogen and oxygen atoms in total. The highest BCUT2D eigenvalue weighted by Crippen LogP contribution is 2.29. The first kappa shape index (κ1) is 19.6. The third kappa shape index (κ3) is 4.77. The molecule has 0 atom stereocenters. The molecule has 0 N–H and O–H groups in total. The summed E-state index contributed by atoms with van der Waals surface area (Å²) in [7, 11) is 0. The zero-order valence-electron chi connectivity index (χ0n) is 16.4. The van der Waals surface area contributed by atoms with Gasteiger partial charge in [0.25, 0.3) is 0 Å². The van der Waals surface area contributed by atoms with Crippen LogP contribution in [-0.2, 0) is 6.61 Å². The average molecular weight is 377 g/mol. The molecule has 0 bridgehead atoms. The lowest BCUT2D eigenvalue weighted by molar-refractivity contribution is 0.266. The Morgan fingerprint density at radius 2 is 1.75 bits per heavy atom. The monoisotopic (exact) mass is 377 g/mol. The topological polar surface area (TPSA) is 30.8 Å². The normalized spacial score (nSPS) is 11.0. The van der Waals surface area contributed by atoms with Crippen LogP contribution in [-0.4, -0.2) is 12.8 Å². The highest BCUT2D eigenvalue weighted by molar-refractivity contribution is 5.83. The fraction of sp³-hybridized carbons (Fsp3) is 0.208. The number of aliphatic imine (C=N–C) groups is 1. The molecule has 3 aromatic carbocycles. The van der Waals surface area contributed by atoms with Crippen LogP contribution in [0.1, 0.15) is 29.2 Å². The fourth-order valence-corrected chi connectivity index (χ4v) is 2.78. The van der Waals surface area contributed by atoms with Gasteiger partial charge < -0.3 is 9.47 Å². The summed E-state index contributed by atoms with van der Waals surface area (Å²) < 4.78 is 25.3. The minimum atomic E-state index is -0.280. The van der Waals surface area contributed by atoms with E-state index in [1.165, 1.54) is 11.6 Å². The second-order valence-corrected chi connectivity index (χ2v) is 6.50. The maximum atomic E-state index is 13.8. The number of rotatable bonds is 7. The van der Waals surface area contributed by atoms with Crippen LogP contribution in [0, 0.1) is 19.7 Å². The van der Waals surface area contributed by atoms with E-state index in [9.17, 15) is 4.39 Å². The maximum absolute atomic E-state index is 13.8. The Labute approximate surface area is 165 Å². The van der Waals surface area contributed by atoms with Crippen molar-refractivity contribution in [3.05, 3.63) is 88.7 Å². The average Bonchev–Trinajstić information content (AvgIpc) is 2.70. The van der Waals surface area contributed by atoms with Gasteiger partial charge in [-0.15, -0.1) is 0 Å². The number of halogens is 1. The third-order valence-electron chi connectivity index (χ3n) is 4.54. The Balaban J connectivity index is 1.79. The van der Waals surface area contributed by atoms with Crippen LogP contribution in [0.25, 0.3) is 0 Å². The molecular weight excluding hydrogens is 353 g/mol. The molecule has 0 radical (unpaired) electrons. The Bertz CT molecular complexity index is 982. The van der Waals surface area contributed by atoms with Crippen LogP contribution in [0.15, 0.2) is 65.7 Å². The minimum Gasteiger partial charge on any atom is -0.490 e. The Hall–Kier alpha value is -3.14. The van der Waals surface area contributed by atoms with E-state index in [2.05, 4.69) is 24.9 Å². The van der Waals surface area contributed by atoms with Crippen molar-refractivity contribution in [3.8, 4) is 11.5 Å². The lowest BCUT2D eigenvalue weighted by atomic mass is 10.1. The maximum Gasteiger partial charge on any atom is 0.161 e. The van der Waals surface area contributed by atoms with Gasteiger partial charge in [0.05, 0.1) is 12.3 Å². The Morgan fingerprint density at radius 1 is 0.929 bits per heavy atom. The highest BCUT2D eigenvalue weighted by atomic mass is 19.1. The van der Waals surface area contributed by atoms with E-state index in [1.54, 1.807) is 18.2 Å². The van der Waals surface area contributed by atoms with Gasteiger partial charge in [-0.2, -0.15) is 0 Å². The van der Waals surface area contributed by atoms with Crippen molar-refractivity contribution in [1.29, 1.82) is 0 Å². The number of hydrogen-bond acceptors (Lipinski definition) is 3. The molecule has 0 spiro atoms. The predicted octanol–water partition coefficient (Wildman–Crippen LogP) is 6.17. The Morgan fingerprint density at radius 3 is 2.54 bits per heavy atom. The van der Waals surface area contributed by atoms with Gasteiger partial charge in [0.2, 0.25) is 0 Å². The van der Waals surface area contributed by atoms with Crippen molar-refractivity contribution in [2.45, 2.75) is 27.4 Å². The van der Waals surface area contributed by atoms with Crippen molar-refractivity contribution in [3.63, 3.8) is 0 Å². The molecule has 3 rings (SSSR count). The zero-order chi connectivity index (χ0) is 19.9. The lowest BCUT2D eigenvalue weighted by Crippen LogP contribution is -2.01. The quantitative estimate of drug-likeness (QED) is 0.461. The van der Waals surface area contributed by atoms with Gasteiger partial charge in [-0.05, 0) is 67.8 Å². The first-order valence-electron chi connectivity index (χ1n) is 9.32. The summed E-state index contributed by atoms with van der Waals surface area (Å²) in [4.78, 5) is 4.60. The van der Waals surface area contributed by atoms with Gasteiger partial charge in [-0.3, -0.25) is 4.99 Å². The summed E-state index contributed by atoms with van der Waals surface area (Å²) in [5, 5.41) is 0. The van der Waals surface area contributed by atoms with E-state index < -0.39 is 0 Å². The second kappa shape index (κ2) is 9.18. The van der Waals surface area contributed by atoms with Gasteiger partial charge in [0.1, 0.15) is 12.4 Å². The van der Waals surface area contributed by atoms with E-state index in [0.29, 0.717) is 23.7 Å². The molecule has 4 heteroatoms. The molecule has 0 aliphatic rings. The summed E-state index contributed by atoms with van der Waals surface area (Å²) in [6, 6.07) is 18.3. The van der Waals surface area contributed by atoms with Gasteiger partial charge in [-0.1, -0.05) is 30.3 Å². The van der Waals surface area contributed by atoms with Crippen LogP contribution < -0.4 is 9.47 Å². The standard InChI is InChI=1S/C24H24FNO2/c1-4-27-24-14-19(15-26-22-11-7-8-17(2)18(22)3)12-13-23(24)28-16-20-9-5-6-10-21(20)25/h5-15H,4,16H2,1-3H3. The molecule has 0 aliphatic carbocycles. The van der Waals surface area contributed by atoms with Gasteiger partial charge in [-0.25, -0.2) is 4.39 Å². The van der Waals surface area contributed by atoms with E-state index in [4.69, 9.17) is 9.47 Å². The molecule has 0 saturated carbocycles. The van der Waals surface area contributed by atoms with Crippen molar-refractivity contribution in [1.82, 2.24) is 0 Å². The van der Waals surface area contributed by atoms with Crippen LogP contribution in [0.2, 0.25) is 0 Å². The Kier molecular flexibility index (Phi) is 6.43. The largest absolute Gasteiger partial charge is 0.490 e. The summed E-state index contributed by atoms with van der Waals surface area (Å²) in [5.41, 5.74) is 4.72. The third-order valence-corrected chi connectivity index (χ3v) is 4.54. The zero-order valence-corrected chi connectivity index (χ0v) is 16.4. The number of ether oxygens (including phenoxy) is 2. The van der Waals surface area contributed by atoms with E-state index >= 15 is 0 Å². The second-order valence-electron chi connectivity index (χ2n) is 6.50. The smallest absolute Gasteiger partial charge is 0.161 e. The molecule has 0 unspecified atom stereocenters. The van der Waals surface area contributed by atoms with Crippen molar-refractivity contribution < 1.29 is 13.9 Å². The molecule has 3 aromatic rings. The molecule has 144 valence electrons. The number of benzene rings is 3. The number of hydrogen-bond donors (Lipinski definition) is 0. The summed E-state index contributed by atoms with van der Waals surface area (Å²) in [5.74, 6) is 0.912. The van der Waals surface area contributed by atoms with E-state index in [-0.39, 0.29) is 12.4 Å². The molecular formula is C24H24FNO2. The predicted molar refractivity (Wildman–Crippen MR) is 112 cm³/mol. The highest BCUT2D eigenvalue weighted by Gasteiger charge is 2.08. The van der Waals surface area contributed by atoms with Gasteiger partial charge >= 0.3 is 0 Å². The summed E-state index contributed by atoms with van der Waals surface area (Å²) in [6.07, 6.45) is 1.81. The van der Waals surface area contributed by atoms with Crippen LogP contribution >= 0.6 is 0 Å². The fourth-order valence-electron chi connectivity index (χ4n) is 2.78. The van der Waals surface area contributed by atoms with Crippen LogP contribution in [0.5, 0.6) is 11.5 Å². The van der Waals surface area contributed by atoms with Crippen molar-refractivity contribution >= 4 is 11.9 Å². The molecule has 0 heterocycles. The van der Waals surface area contributed by atoms with Crippen LogP contribution in [0.3, 0.4) is 0 Å². The van der Waals surface area contributed by atoms with E-state index in [0.717, 1.165) is 16.8 Å². The molecule has 0 aliphatic heterocycles. The first-order valence-corrected chi connectivity index (χ1v) is 9.32. The minimum absolute atomic E-state index is 0.142. The molecule has 0 fully saturated rings. The first-order chi connectivity index (χ1) is 13.6. The lowest BCUT2D eigenvalue weighted by Gasteiger charge is -2.13. The van der Waals surface area contributed by atoms with E-state index in [1.807, 2.05) is 43.5 Å². The molecule has 28 heavy (non-hydrogen) atoms. The van der Waals surface area contributed by atoms with Gasteiger partial charge in [0.15, 0.2) is 11.5 Å². The number of aryl methyl sites for hydroxylation is 1. The van der Waals surface area contributed by atoms with Crippen LogP contribution in [0.4, 0.5) is 10.1 Å². The number of nitrogens with zero attached hydrogens (tertiary/aromatic N) is 1. The van der Waals surface area contributed by atoms with Gasteiger partial charge in [0, 0.05) is 11.8 Å².